The molecule has 3 heterocycles. The van der Waals surface area contributed by atoms with E-state index >= 15 is 0 Å². The number of amides is 3. The quantitative estimate of drug-likeness (QED) is 0.667. The molecule has 0 aliphatic carbocycles. The molecule has 3 aliphatic heterocycles. The van der Waals surface area contributed by atoms with Crippen molar-refractivity contribution in [3.05, 3.63) is 24.3 Å². The van der Waals surface area contributed by atoms with Gasteiger partial charge in [-0.15, -0.1) is 0 Å². The minimum absolute atomic E-state index is 0.0556. The molecule has 3 amide bonds. The number of carbonyl (C=O) groups is 3. The van der Waals surface area contributed by atoms with Gasteiger partial charge in [-0.05, 0) is 63.3 Å². The molecule has 3 aliphatic rings. The molecule has 1 atom stereocenters. The van der Waals surface area contributed by atoms with Crippen LogP contribution < -0.4 is 10.2 Å². The second-order valence-corrected chi connectivity index (χ2v) is 11.0. The predicted octanol–water partition coefficient (Wildman–Crippen LogP) is 1.34. The third-order valence-corrected chi connectivity index (χ3v) is 8.74. The van der Waals surface area contributed by atoms with Gasteiger partial charge >= 0.3 is 0 Å². The standard InChI is InChI=1S/C23H32N4O5S/c1-17(23(30)25-12-2-3-13-25)24-22(29)18-10-15-26(16-11-18)33(31,32)20-8-6-19(7-9-20)27-14-4-5-21(27)28/h6-9,17-18H,2-5,10-16H2,1H3,(H,24,29)/t17-/m1/s1. The highest BCUT2D eigenvalue weighted by Gasteiger charge is 2.34. The van der Waals surface area contributed by atoms with Crippen LogP contribution in [0.15, 0.2) is 29.2 Å². The monoisotopic (exact) mass is 476 g/mol. The van der Waals surface area contributed by atoms with Gasteiger partial charge in [-0.2, -0.15) is 4.31 Å². The molecule has 180 valence electrons. The molecule has 9 nitrogen and oxygen atoms in total. The summed E-state index contributed by atoms with van der Waals surface area (Å²) < 4.78 is 27.5. The number of anilines is 1. The maximum Gasteiger partial charge on any atom is 0.244 e. The van der Waals surface area contributed by atoms with E-state index in [9.17, 15) is 22.8 Å². The van der Waals surface area contributed by atoms with Gasteiger partial charge in [0.15, 0.2) is 0 Å². The zero-order valence-corrected chi connectivity index (χ0v) is 19.8. The van der Waals surface area contributed by atoms with Gasteiger partial charge in [0.2, 0.25) is 27.7 Å². The lowest BCUT2D eigenvalue weighted by atomic mass is 9.97. The molecule has 0 unspecified atom stereocenters. The normalized spacial score (nSPS) is 21.4. The molecule has 4 rings (SSSR count). The number of sulfonamides is 1. The molecule has 10 heteroatoms. The summed E-state index contributed by atoms with van der Waals surface area (Å²) in [7, 11) is -3.68. The van der Waals surface area contributed by atoms with Crippen LogP contribution in [0.1, 0.15) is 45.4 Å². The van der Waals surface area contributed by atoms with Gasteiger partial charge in [0.05, 0.1) is 4.90 Å². The van der Waals surface area contributed by atoms with E-state index in [1.807, 2.05) is 0 Å². The van der Waals surface area contributed by atoms with Gasteiger partial charge in [-0.3, -0.25) is 14.4 Å². The van der Waals surface area contributed by atoms with E-state index in [0.29, 0.717) is 31.5 Å². The van der Waals surface area contributed by atoms with Crippen LogP contribution in [0.25, 0.3) is 0 Å². The smallest absolute Gasteiger partial charge is 0.244 e. The predicted molar refractivity (Wildman–Crippen MR) is 123 cm³/mol. The molecule has 3 saturated heterocycles. The Hall–Kier alpha value is -2.46. The van der Waals surface area contributed by atoms with Crippen molar-refractivity contribution in [2.75, 3.05) is 37.6 Å². The number of nitrogens with zero attached hydrogens (tertiary/aromatic N) is 3. The maximum atomic E-state index is 13.1. The number of piperidine rings is 1. The van der Waals surface area contributed by atoms with E-state index in [2.05, 4.69) is 5.32 Å². The molecule has 0 bridgehead atoms. The summed E-state index contributed by atoms with van der Waals surface area (Å²) in [4.78, 5) is 40.6. The minimum atomic E-state index is -3.68. The van der Waals surface area contributed by atoms with Crippen LogP contribution in [0.2, 0.25) is 0 Å². The first kappa shape index (κ1) is 23.7. The SMILES string of the molecule is C[C@@H](NC(=O)C1CCN(S(=O)(=O)c2ccc(N3CCCC3=O)cc2)CC1)C(=O)N1CCCC1. The van der Waals surface area contributed by atoms with Crippen LogP contribution in [0, 0.1) is 5.92 Å². The highest BCUT2D eigenvalue weighted by molar-refractivity contribution is 7.89. The second kappa shape index (κ2) is 9.80. The Morgan fingerprint density at radius 1 is 0.970 bits per heavy atom. The van der Waals surface area contributed by atoms with Crippen molar-refractivity contribution >= 4 is 33.4 Å². The summed E-state index contributed by atoms with van der Waals surface area (Å²) in [5.74, 6) is -0.497. The van der Waals surface area contributed by atoms with Crippen molar-refractivity contribution in [2.24, 2.45) is 5.92 Å². The van der Waals surface area contributed by atoms with Crippen molar-refractivity contribution in [3.63, 3.8) is 0 Å². The fourth-order valence-electron chi connectivity index (χ4n) is 4.83. The van der Waals surface area contributed by atoms with Crippen molar-refractivity contribution in [1.82, 2.24) is 14.5 Å². The second-order valence-electron chi connectivity index (χ2n) is 9.08. The lowest BCUT2D eigenvalue weighted by molar-refractivity contribution is -0.136. The average Bonchev–Trinajstić information content (AvgIpc) is 3.50. The molecule has 3 fully saturated rings. The van der Waals surface area contributed by atoms with E-state index in [-0.39, 0.29) is 41.6 Å². The molecule has 1 aromatic carbocycles. The van der Waals surface area contributed by atoms with E-state index in [1.54, 1.807) is 41.0 Å². The van der Waals surface area contributed by atoms with Gasteiger partial charge < -0.3 is 15.1 Å². The Kier molecular flexibility index (Phi) is 7.04. The summed E-state index contributed by atoms with van der Waals surface area (Å²) in [6.07, 6.45) is 4.16. The van der Waals surface area contributed by atoms with Crippen LogP contribution in [-0.2, 0) is 24.4 Å². The molecule has 1 aromatic rings. The van der Waals surface area contributed by atoms with Crippen molar-refractivity contribution in [3.8, 4) is 0 Å². The summed E-state index contributed by atoms with van der Waals surface area (Å²) in [6.45, 7) is 4.35. The van der Waals surface area contributed by atoms with Gasteiger partial charge in [-0.1, -0.05) is 0 Å². The first-order valence-electron chi connectivity index (χ1n) is 11.8. The highest BCUT2D eigenvalue weighted by Crippen LogP contribution is 2.27. The van der Waals surface area contributed by atoms with Crippen LogP contribution in [0.5, 0.6) is 0 Å². The Balaban J connectivity index is 1.31. The Morgan fingerprint density at radius 3 is 2.18 bits per heavy atom. The minimum Gasteiger partial charge on any atom is -0.344 e. The molecule has 0 spiro atoms. The number of hydrogen-bond acceptors (Lipinski definition) is 5. The molecular formula is C23H32N4O5S. The first-order valence-corrected chi connectivity index (χ1v) is 13.2. The van der Waals surface area contributed by atoms with Gasteiger partial charge in [0.1, 0.15) is 6.04 Å². The van der Waals surface area contributed by atoms with Crippen molar-refractivity contribution < 1.29 is 22.8 Å². The number of carbonyl (C=O) groups excluding carboxylic acids is 3. The fourth-order valence-corrected chi connectivity index (χ4v) is 6.30. The molecule has 1 N–H and O–H groups in total. The Morgan fingerprint density at radius 2 is 1.61 bits per heavy atom. The third-order valence-electron chi connectivity index (χ3n) is 6.83. The average molecular weight is 477 g/mol. The molecular weight excluding hydrogens is 444 g/mol. The van der Waals surface area contributed by atoms with Crippen LogP contribution >= 0.6 is 0 Å². The summed E-state index contributed by atoms with van der Waals surface area (Å²) >= 11 is 0. The molecule has 0 radical (unpaired) electrons. The Labute approximate surface area is 195 Å². The number of hydrogen-bond donors (Lipinski definition) is 1. The lowest BCUT2D eigenvalue weighted by Crippen LogP contribution is -2.49. The topological polar surface area (TPSA) is 107 Å². The van der Waals surface area contributed by atoms with Crippen LogP contribution in [0.4, 0.5) is 5.69 Å². The highest BCUT2D eigenvalue weighted by atomic mass is 32.2. The van der Waals surface area contributed by atoms with Crippen LogP contribution in [0.3, 0.4) is 0 Å². The number of benzene rings is 1. The van der Waals surface area contributed by atoms with Crippen molar-refractivity contribution in [1.29, 1.82) is 0 Å². The zero-order valence-electron chi connectivity index (χ0n) is 19.0. The van der Waals surface area contributed by atoms with E-state index < -0.39 is 16.1 Å². The number of nitrogens with one attached hydrogen (secondary N) is 1. The zero-order chi connectivity index (χ0) is 23.6. The number of rotatable bonds is 6. The van der Waals surface area contributed by atoms with Gasteiger partial charge in [0, 0.05) is 50.7 Å². The number of likely N-dealkylation sites (tertiary alicyclic amines) is 1. The van der Waals surface area contributed by atoms with Crippen LogP contribution in [-0.4, -0.2) is 74.1 Å². The van der Waals surface area contributed by atoms with E-state index in [0.717, 1.165) is 32.4 Å². The lowest BCUT2D eigenvalue weighted by Gasteiger charge is -2.31. The summed E-state index contributed by atoms with van der Waals surface area (Å²) in [5, 5.41) is 2.82. The summed E-state index contributed by atoms with van der Waals surface area (Å²) in [6, 6.07) is 5.87. The maximum absolute atomic E-state index is 13.1. The summed E-state index contributed by atoms with van der Waals surface area (Å²) in [5.41, 5.74) is 0.712. The Bertz CT molecular complexity index is 996. The third kappa shape index (κ3) is 5.06. The fraction of sp³-hybridized carbons (Fsp3) is 0.609. The first-order chi connectivity index (χ1) is 15.8. The molecule has 33 heavy (non-hydrogen) atoms. The van der Waals surface area contributed by atoms with Crippen molar-refractivity contribution in [2.45, 2.75) is 56.4 Å². The molecule has 0 saturated carbocycles. The largest absolute Gasteiger partial charge is 0.344 e. The molecule has 0 aromatic heterocycles. The van der Waals surface area contributed by atoms with E-state index in [4.69, 9.17) is 0 Å². The van der Waals surface area contributed by atoms with E-state index in [1.165, 1.54) is 4.31 Å². The van der Waals surface area contributed by atoms with Gasteiger partial charge in [-0.25, -0.2) is 8.42 Å². The van der Waals surface area contributed by atoms with Gasteiger partial charge in [0.25, 0.3) is 0 Å².